The van der Waals surface area contributed by atoms with E-state index in [0.717, 1.165) is 6.42 Å². The van der Waals surface area contributed by atoms with Crippen molar-refractivity contribution in [1.82, 2.24) is 5.32 Å². The molecule has 1 aromatic rings. The fourth-order valence-electron chi connectivity index (χ4n) is 1.84. The maximum Gasteiger partial charge on any atom is 0.262 e. The van der Waals surface area contributed by atoms with Crippen molar-refractivity contribution in [1.29, 1.82) is 0 Å². The molecule has 0 aliphatic heterocycles. The van der Waals surface area contributed by atoms with Crippen LogP contribution in [-0.4, -0.2) is 20.9 Å². The summed E-state index contributed by atoms with van der Waals surface area (Å²) in [6.45, 7) is 2.73. The quantitative estimate of drug-likeness (QED) is 0.867. The molecule has 0 saturated heterocycles. The Hall–Kier alpha value is -0.780. The third-order valence-electron chi connectivity index (χ3n) is 3.26. The topological polar surface area (TPSA) is 63.2 Å². The van der Waals surface area contributed by atoms with Gasteiger partial charge in [0.05, 0.1) is 5.02 Å². The van der Waals surface area contributed by atoms with Crippen molar-refractivity contribution < 1.29 is 13.2 Å². The molecule has 2 atom stereocenters. The molecule has 0 spiro atoms. The van der Waals surface area contributed by atoms with Crippen molar-refractivity contribution in [3.05, 3.63) is 28.8 Å². The van der Waals surface area contributed by atoms with Gasteiger partial charge in [-0.25, -0.2) is 8.42 Å². The van der Waals surface area contributed by atoms with Gasteiger partial charge in [-0.05, 0) is 36.5 Å². The lowest BCUT2D eigenvalue weighted by Gasteiger charge is -2.06. The van der Waals surface area contributed by atoms with E-state index in [4.69, 9.17) is 22.3 Å². The summed E-state index contributed by atoms with van der Waals surface area (Å²) < 4.78 is 22.6. The standard InChI is InChI=1S/C12H13Cl2NO3S/c1-7-4-9(7)6-15-12(16)8-2-3-10(13)11(5-8)19(14,17)18/h2-3,5,7,9H,4,6H2,1H3,(H,15,16). The average molecular weight is 322 g/mol. The molecule has 7 heteroatoms. The van der Waals surface area contributed by atoms with Crippen LogP contribution in [0.15, 0.2) is 23.1 Å². The number of amides is 1. The van der Waals surface area contributed by atoms with Gasteiger partial charge in [-0.3, -0.25) is 4.79 Å². The molecule has 0 heterocycles. The molecule has 0 radical (unpaired) electrons. The summed E-state index contributed by atoms with van der Waals surface area (Å²) in [5.41, 5.74) is 0.233. The molecule has 1 saturated carbocycles. The zero-order valence-corrected chi connectivity index (χ0v) is 12.5. The van der Waals surface area contributed by atoms with Gasteiger partial charge >= 0.3 is 0 Å². The number of rotatable bonds is 4. The second-order valence-electron chi connectivity index (χ2n) is 4.77. The van der Waals surface area contributed by atoms with E-state index in [-0.39, 0.29) is 21.4 Å². The van der Waals surface area contributed by atoms with Crippen LogP contribution in [0, 0.1) is 11.8 Å². The summed E-state index contributed by atoms with van der Waals surface area (Å²) in [6.07, 6.45) is 1.11. The summed E-state index contributed by atoms with van der Waals surface area (Å²) in [5, 5.41) is 2.77. The van der Waals surface area contributed by atoms with E-state index in [9.17, 15) is 13.2 Å². The van der Waals surface area contributed by atoms with E-state index < -0.39 is 9.05 Å². The zero-order chi connectivity index (χ0) is 14.2. The SMILES string of the molecule is CC1CC1CNC(=O)c1ccc(Cl)c(S(=O)(=O)Cl)c1. The summed E-state index contributed by atoms with van der Waals surface area (Å²) in [7, 11) is 1.30. The molecule has 1 aliphatic rings. The highest BCUT2D eigenvalue weighted by Crippen LogP contribution is 2.36. The normalized spacial score (nSPS) is 22.1. The third kappa shape index (κ3) is 3.61. The van der Waals surface area contributed by atoms with E-state index in [1.807, 2.05) is 0 Å². The first-order valence-electron chi connectivity index (χ1n) is 5.81. The van der Waals surface area contributed by atoms with Crippen LogP contribution in [0.25, 0.3) is 0 Å². The monoisotopic (exact) mass is 321 g/mol. The second kappa shape index (κ2) is 5.31. The van der Waals surface area contributed by atoms with Gasteiger partial charge in [0, 0.05) is 22.8 Å². The predicted octanol–water partition coefficient (Wildman–Crippen LogP) is 2.65. The van der Waals surface area contributed by atoms with Crippen LogP contribution in [0.4, 0.5) is 0 Å². The molecular weight excluding hydrogens is 309 g/mol. The zero-order valence-electron chi connectivity index (χ0n) is 10.2. The second-order valence-corrected chi connectivity index (χ2v) is 7.71. The first-order valence-corrected chi connectivity index (χ1v) is 8.50. The molecule has 2 unspecified atom stereocenters. The van der Waals surface area contributed by atoms with Gasteiger partial charge in [-0.15, -0.1) is 0 Å². The average Bonchev–Trinajstić information content (AvgIpc) is 3.01. The minimum atomic E-state index is -3.96. The van der Waals surface area contributed by atoms with Crippen molar-refractivity contribution in [2.75, 3.05) is 6.54 Å². The first-order chi connectivity index (χ1) is 8.79. The minimum absolute atomic E-state index is 0.00219. The van der Waals surface area contributed by atoms with Crippen molar-refractivity contribution >= 4 is 37.2 Å². The van der Waals surface area contributed by atoms with Gasteiger partial charge in [0.25, 0.3) is 15.0 Å². The summed E-state index contributed by atoms with van der Waals surface area (Å²) in [6, 6.07) is 4.02. The van der Waals surface area contributed by atoms with Crippen LogP contribution < -0.4 is 5.32 Å². The molecule has 1 aliphatic carbocycles. The molecule has 1 fully saturated rings. The van der Waals surface area contributed by atoms with Crippen LogP contribution in [0.5, 0.6) is 0 Å². The smallest absolute Gasteiger partial charge is 0.262 e. The number of halogens is 2. The molecule has 19 heavy (non-hydrogen) atoms. The largest absolute Gasteiger partial charge is 0.352 e. The highest BCUT2D eigenvalue weighted by Gasteiger charge is 2.32. The maximum atomic E-state index is 11.9. The fraction of sp³-hybridized carbons (Fsp3) is 0.417. The van der Waals surface area contributed by atoms with E-state index in [2.05, 4.69) is 12.2 Å². The number of carbonyl (C=O) groups is 1. The van der Waals surface area contributed by atoms with Crippen molar-refractivity contribution in [2.45, 2.75) is 18.2 Å². The van der Waals surface area contributed by atoms with Crippen LogP contribution in [0.1, 0.15) is 23.7 Å². The molecule has 1 aromatic carbocycles. The number of carbonyl (C=O) groups excluding carboxylic acids is 1. The lowest BCUT2D eigenvalue weighted by molar-refractivity contribution is 0.0951. The number of hydrogen-bond acceptors (Lipinski definition) is 3. The van der Waals surface area contributed by atoms with Crippen molar-refractivity contribution in [3.8, 4) is 0 Å². The van der Waals surface area contributed by atoms with Crippen LogP contribution in [0.3, 0.4) is 0 Å². The highest BCUT2D eigenvalue weighted by molar-refractivity contribution is 8.13. The van der Waals surface area contributed by atoms with E-state index in [0.29, 0.717) is 18.4 Å². The Morgan fingerprint density at radius 1 is 1.47 bits per heavy atom. The Bertz CT molecular complexity index is 615. The Morgan fingerprint density at radius 3 is 2.63 bits per heavy atom. The first kappa shape index (κ1) is 14.6. The van der Waals surface area contributed by atoms with Crippen molar-refractivity contribution in [3.63, 3.8) is 0 Å². The molecule has 1 N–H and O–H groups in total. The highest BCUT2D eigenvalue weighted by atomic mass is 35.7. The Balaban J connectivity index is 2.14. The van der Waals surface area contributed by atoms with Gasteiger partial charge in [-0.1, -0.05) is 18.5 Å². The molecule has 0 bridgehead atoms. The molecule has 0 aromatic heterocycles. The van der Waals surface area contributed by atoms with E-state index in [1.54, 1.807) is 0 Å². The minimum Gasteiger partial charge on any atom is -0.352 e. The lowest BCUT2D eigenvalue weighted by Crippen LogP contribution is -2.26. The van der Waals surface area contributed by atoms with Crippen LogP contribution in [-0.2, 0) is 9.05 Å². The predicted molar refractivity (Wildman–Crippen MR) is 74.1 cm³/mol. The van der Waals surface area contributed by atoms with Gasteiger partial charge in [0.15, 0.2) is 0 Å². The summed E-state index contributed by atoms with van der Waals surface area (Å²) in [5.74, 6) is 0.842. The van der Waals surface area contributed by atoms with Gasteiger partial charge in [0.2, 0.25) is 0 Å². The van der Waals surface area contributed by atoms with E-state index >= 15 is 0 Å². The van der Waals surface area contributed by atoms with E-state index in [1.165, 1.54) is 18.2 Å². The Kier molecular flexibility index (Phi) is 4.08. The van der Waals surface area contributed by atoms with Crippen molar-refractivity contribution in [2.24, 2.45) is 11.8 Å². The molecule has 2 rings (SSSR count). The fourth-order valence-corrected chi connectivity index (χ4v) is 3.33. The molecule has 104 valence electrons. The third-order valence-corrected chi connectivity index (χ3v) is 5.06. The number of benzene rings is 1. The Morgan fingerprint density at radius 2 is 2.11 bits per heavy atom. The summed E-state index contributed by atoms with van der Waals surface area (Å²) >= 11 is 5.75. The van der Waals surface area contributed by atoms with Gasteiger partial charge in [-0.2, -0.15) is 0 Å². The van der Waals surface area contributed by atoms with Gasteiger partial charge in [0.1, 0.15) is 4.90 Å². The molecule has 1 amide bonds. The summed E-state index contributed by atoms with van der Waals surface area (Å²) in [4.78, 5) is 11.6. The molecular formula is C12H13Cl2NO3S. The van der Waals surface area contributed by atoms with Crippen LogP contribution in [0.2, 0.25) is 5.02 Å². The van der Waals surface area contributed by atoms with Crippen LogP contribution >= 0.6 is 22.3 Å². The maximum absolute atomic E-state index is 11.9. The van der Waals surface area contributed by atoms with Gasteiger partial charge < -0.3 is 5.32 Å². The number of hydrogen-bond donors (Lipinski definition) is 1. The number of nitrogens with one attached hydrogen (secondary N) is 1. The molecule has 4 nitrogen and oxygen atoms in total. The lowest BCUT2D eigenvalue weighted by atomic mass is 10.2. The Labute approximate surface area is 121 Å².